The van der Waals surface area contributed by atoms with Gasteiger partial charge in [-0.1, -0.05) is 0 Å². The predicted octanol–water partition coefficient (Wildman–Crippen LogP) is 2.07. The number of H-pyrrole nitrogens is 1. The summed E-state index contributed by atoms with van der Waals surface area (Å²) >= 11 is 0. The maximum absolute atomic E-state index is 12.2. The van der Waals surface area contributed by atoms with Gasteiger partial charge in [0.15, 0.2) is 0 Å². The molecule has 0 spiro atoms. The maximum atomic E-state index is 12.2. The first-order valence-electron chi connectivity index (χ1n) is 9.68. The summed E-state index contributed by atoms with van der Waals surface area (Å²) in [5.41, 5.74) is 3.34. The van der Waals surface area contributed by atoms with Gasteiger partial charge in [0.25, 0.3) is 0 Å². The number of aromatic nitrogens is 3. The molecule has 152 valence electrons. The molecule has 3 heterocycles. The van der Waals surface area contributed by atoms with E-state index in [2.05, 4.69) is 25.9 Å². The van der Waals surface area contributed by atoms with Crippen molar-refractivity contribution in [2.45, 2.75) is 40.3 Å². The van der Waals surface area contributed by atoms with Crippen LogP contribution in [0.15, 0.2) is 18.5 Å². The molecule has 8 nitrogen and oxygen atoms in total. The third-order valence-corrected chi connectivity index (χ3v) is 4.87. The number of morpholine rings is 1. The Labute approximate surface area is 165 Å². The number of ether oxygens (including phenoxy) is 2. The average Bonchev–Trinajstić information content (AvgIpc) is 2.99. The lowest BCUT2D eigenvalue weighted by atomic mass is 10.2. The van der Waals surface area contributed by atoms with E-state index in [1.807, 2.05) is 31.7 Å². The molecular weight excluding hydrogens is 358 g/mol. The third kappa shape index (κ3) is 5.01. The summed E-state index contributed by atoms with van der Waals surface area (Å²) in [6, 6.07) is 3.94. The smallest absolute Gasteiger partial charge is 0.219 e. The molecule has 0 unspecified atom stereocenters. The number of carbonyl (C=O) groups is 1. The zero-order valence-electron chi connectivity index (χ0n) is 17.1. The lowest BCUT2D eigenvalue weighted by molar-refractivity contribution is -0.131. The lowest BCUT2D eigenvalue weighted by Crippen LogP contribution is -2.48. The molecular formula is C20H29N5O3. The van der Waals surface area contributed by atoms with Gasteiger partial charge in [-0.15, -0.1) is 0 Å². The summed E-state index contributed by atoms with van der Waals surface area (Å²) in [6.45, 7) is 11.3. The second-order valence-corrected chi connectivity index (χ2v) is 7.09. The molecule has 2 aromatic heterocycles. The monoisotopic (exact) mass is 387 g/mol. The Morgan fingerprint density at radius 1 is 1.39 bits per heavy atom. The van der Waals surface area contributed by atoms with E-state index in [4.69, 9.17) is 9.47 Å². The minimum absolute atomic E-state index is 0.0413. The van der Waals surface area contributed by atoms with Crippen molar-refractivity contribution in [1.82, 2.24) is 19.9 Å². The molecule has 1 aliphatic rings. The lowest BCUT2D eigenvalue weighted by Gasteiger charge is -2.36. The van der Waals surface area contributed by atoms with E-state index in [-0.39, 0.29) is 12.0 Å². The van der Waals surface area contributed by atoms with Crippen molar-refractivity contribution in [2.24, 2.45) is 0 Å². The standard InChI is InChI=1S/C20H29N5O3/c1-5-27-20-9-19(21-13-22-20)24-6-7-28-18(11-24)12-25(16(4)26)10-17-8-14(2)23-15(17)3/h8-9,13,18,23H,5-7,10-12H2,1-4H3/t18-/m1/s1. The molecule has 0 aliphatic carbocycles. The molecule has 1 fully saturated rings. The van der Waals surface area contributed by atoms with Crippen LogP contribution in [0, 0.1) is 13.8 Å². The minimum atomic E-state index is -0.0801. The second kappa shape index (κ2) is 9.05. The first-order chi connectivity index (χ1) is 13.5. The number of hydrogen-bond donors (Lipinski definition) is 1. The van der Waals surface area contributed by atoms with E-state index in [1.165, 1.54) is 6.33 Å². The van der Waals surface area contributed by atoms with E-state index in [1.54, 1.807) is 6.92 Å². The zero-order chi connectivity index (χ0) is 20.1. The van der Waals surface area contributed by atoms with Gasteiger partial charge in [-0.2, -0.15) is 0 Å². The van der Waals surface area contributed by atoms with Crippen molar-refractivity contribution in [3.8, 4) is 5.88 Å². The summed E-state index contributed by atoms with van der Waals surface area (Å²) in [5, 5.41) is 0. The van der Waals surface area contributed by atoms with Crippen molar-refractivity contribution in [3.63, 3.8) is 0 Å². The Morgan fingerprint density at radius 2 is 2.21 bits per heavy atom. The summed E-state index contributed by atoms with van der Waals surface area (Å²) in [6.07, 6.45) is 1.44. The molecule has 1 atom stereocenters. The van der Waals surface area contributed by atoms with E-state index in [0.717, 1.165) is 29.3 Å². The Bertz CT molecular complexity index is 807. The van der Waals surface area contributed by atoms with Crippen molar-refractivity contribution in [2.75, 3.05) is 37.7 Å². The zero-order valence-corrected chi connectivity index (χ0v) is 17.1. The van der Waals surface area contributed by atoms with E-state index < -0.39 is 0 Å². The van der Waals surface area contributed by atoms with Crippen LogP contribution in [0.1, 0.15) is 30.8 Å². The summed E-state index contributed by atoms with van der Waals surface area (Å²) in [7, 11) is 0. The molecule has 0 saturated carbocycles. The van der Waals surface area contributed by atoms with Crippen LogP contribution in [0.5, 0.6) is 5.88 Å². The van der Waals surface area contributed by atoms with E-state index in [0.29, 0.717) is 38.7 Å². The fourth-order valence-electron chi connectivity index (χ4n) is 3.47. The SMILES string of the molecule is CCOc1cc(N2CCO[C@@H](CN(Cc3cc(C)[nH]c3C)C(C)=O)C2)ncn1. The Kier molecular flexibility index (Phi) is 6.51. The van der Waals surface area contributed by atoms with Gasteiger partial charge in [0.2, 0.25) is 11.8 Å². The Balaban J connectivity index is 1.66. The van der Waals surface area contributed by atoms with Crippen LogP contribution in [-0.2, 0) is 16.1 Å². The summed E-state index contributed by atoms with van der Waals surface area (Å²) in [4.78, 5) is 28.0. The molecule has 3 rings (SSSR count). The number of hydrogen-bond acceptors (Lipinski definition) is 6. The molecule has 1 saturated heterocycles. The van der Waals surface area contributed by atoms with Crippen LogP contribution >= 0.6 is 0 Å². The van der Waals surface area contributed by atoms with Crippen molar-refractivity contribution in [3.05, 3.63) is 35.4 Å². The molecule has 8 heteroatoms. The molecule has 0 radical (unpaired) electrons. The molecule has 1 amide bonds. The highest BCUT2D eigenvalue weighted by Gasteiger charge is 2.25. The van der Waals surface area contributed by atoms with Gasteiger partial charge >= 0.3 is 0 Å². The largest absolute Gasteiger partial charge is 0.478 e. The highest BCUT2D eigenvalue weighted by molar-refractivity contribution is 5.73. The number of nitrogens with one attached hydrogen (secondary N) is 1. The minimum Gasteiger partial charge on any atom is -0.478 e. The molecule has 0 aromatic carbocycles. The number of nitrogens with zero attached hydrogens (tertiary/aromatic N) is 4. The Hall–Kier alpha value is -2.61. The molecule has 0 bridgehead atoms. The number of aromatic amines is 1. The summed E-state index contributed by atoms with van der Waals surface area (Å²) in [5.74, 6) is 1.43. The number of anilines is 1. The average molecular weight is 387 g/mol. The molecule has 1 aliphatic heterocycles. The van der Waals surface area contributed by atoms with Gasteiger partial charge in [-0.3, -0.25) is 4.79 Å². The van der Waals surface area contributed by atoms with Gasteiger partial charge < -0.3 is 24.3 Å². The van der Waals surface area contributed by atoms with Crippen LogP contribution in [0.4, 0.5) is 5.82 Å². The highest BCUT2D eigenvalue weighted by Crippen LogP contribution is 2.20. The quantitative estimate of drug-likeness (QED) is 0.783. The third-order valence-electron chi connectivity index (χ3n) is 4.87. The van der Waals surface area contributed by atoms with Gasteiger partial charge in [-0.25, -0.2) is 9.97 Å². The first-order valence-corrected chi connectivity index (χ1v) is 9.68. The van der Waals surface area contributed by atoms with Crippen LogP contribution < -0.4 is 9.64 Å². The first kappa shape index (κ1) is 20.1. The van der Waals surface area contributed by atoms with E-state index in [9.17, 15) is 4.79 Å². The fraction of sp³-hybridized carbons (Fsp3) is 0.550. The van der Waals surface area contributed by atoms with Gasteiger partial charge in [0.05, 0.1) is 19.3 Å². The fourth-order valence-corrected chi connectivity index (χ4v) is 3.47. The molecule has 1 N–H and O–H groups in total. The Morgan fingerprint density at radius 3 is 2.89 bits per heavy atom. The van der Waals surface area contributed by atoms with Gasteiger partial charge in [0, 0.05) is 50.6 Å². The van der Waals surface area contributed by atoms with Crippen molar-refractivity contribution >= 4 is 11.7 Å². The van der Waals surface area contributed by atoms with Crippen LogP contribution in [0.25, 0.3) is 0 Å². The van der Waals surface area contributed by atoms with Crippen LogP contribution in [0.2, 0.25) is 0 Å². The number of rotatable bonds is 7. The number of aryl methyl sites for hydroxylation is 2. The van der Waals surface area contributed by atoms with Crippen molar-refractivity contribution < 1.29 is 14.3 Å². The van der Waals surface area contributed by atoms with Crippen molar-refractivity contribution in [1.29, 1.82) is 0 Å². The highest BCUT2D eigenvalue weighted by atomic mass is 16.5. The normalized spacial score (nSPS) is 16.9. The molecule has 2 aromatic rings. The maximum Gasteiger partial charge on any atom is 0.219 e. The van der Waals surface area contributed by atoms with Gasteiger partial charge in [0.1, 0.15) is 12.1 Å². The topological polar surface area (TPSA) is 83.6 Å². The number of amides is 1. The second-order valence-electron chi connectivity index (χ2n) is 7.09. The van der Waals surface area contributed by atoms with Crippen LogP contribution in [-0.4, -0.2) is 64.7 Å². The van der Waals surface area contributed by atoms with E-state index >= 15 is 0 Å². The van der Waals surface area contributed by atoms with Crippen LogP contribution in [0.3, 0.4) is 0 Å². The predicted molar refractivity (Wildman–Crippen MR) is 107 cm³/mol. The number of carbonyl (C=O) groups excluding carboxylic acids is 1. The molecule has 28 heavy (non-hydrogen) atoms. The summed E-state index contributed by atoms with van der Waals surface area (Å²) < 4.78 is 11.4. The van der Waals surface area contributed by atoms with Gasteiger partial charge in [-0.05, 0) is 32.4 Å².